The molecule has 1 amide bonds. The van der Waals surface area contributed by atoms with Crippen molar-refractivity contribution in [1.82, 2.24) is 4.98 Å². The molecule has 1 aromatic rings. The Morgan fingerprint density at radius 3 is 2.65 bits per heavy atom. The number of hydrogen-bond acceptors (Lipinski definition) is 7. The van der Waals surface area contributed by atoms with E-state index in [1.54, 1.807) is 6.26 Å². The van der Waals surface area contributed by atoms with E-state index in [-0.39, 0.29) is 10.7 Å². The zero-order chi connectivity index (χ0) is 12.8. The van der Waals surface area contributed by atoms with Gasteiger partial charge in [0.25, 0.3) is 16.0 Å². The van der Waals surface area contributed by atoms with Crippen molar-refractivity contribution in [2.75, 3.05) is 11.6 Å². The van der Waals surface area contributed by atoms with Gasteiger partial charge in [0.2, 0.25) is 11.0 Å². The van der Waals surface area contributed by atoms with Crippen molar-refractivity contribution in [2.45, 2.75) is 9.59 Å². The molecule has 2 rings (SSSR count). The number of nitrogens with one attached hydrogen (secondary N) is 1. The predicted octanol–water partition coefficient (Wildman–Crippen LogP) is 0.256. The Bertz CT molecular complexity index is 605. The van der Waals surface area contributed by atoms with Gasteiger partial charge >= 0.3 is 0 Å². The topological polar surface area (TPSA) is 113 Å². The predicted molar refractivity (Wildman–Crippen MR) is 62.2 cm³/mol. The number of Topliss-reactive ketones (excluding diaryl/α,β-unsaturated/α-hetero) is 1. The molecule has 1 aliphatic heterocycles. The van der Waals surface area contributed by atoms with E-state index < -0.39 is 27.1 Å². The average Bonchev–Trinajstić information content (AvgIpc) is 2.58. The average molecular weight is 294 g/mol. The molecular weight excluding hydrogens is 288 g/mol. The number of aromatic nitrogens is 1. The number of anilines is 1. The molecule has 1 unspecified atom stereocenters. The molecule has 7 nitrogen and oxygen atoms in total. The van der Waals surface area contributed by atoms with Crippen LogP contribution in [0.15, 0.2) is 4.34 Å². The van der Waals surface area contributed by atoms with Crippen LogP contribution in [0.3, 0.4) is 0 Å². The Hall–Kier alpha value is -0.970. The third kappa shape index (κ3) is 2.08. The Morgan fingerprint density at radius 1 is 1.47 bits per heavy atom. The quantitative estimate of drug-likeness (QED) is 0.457. The Kier molecular flexibility index (Phi) is 2.97. The van der Waals surface area contributed by atoms with E-state index in [2.05, 4.69) is 10.3 Å². The van der Waals surface area contributed by atoms with Gasteiger partial charge in [0.05, 0.1) is 0 Å². The van der Waals surface area contributed by atoms with Crippen molar-refractivity contribution >= 4 is 50.7 Å². The van der Waals surface area contributed by atoms with Gasteiger partial charge in [-0.3, -0.25) is 14.1 Å². The van der Waals surface area contributed by atoms with Crippen LogP contribution in [-0.4, -0.2) is 41.2 Å². The molecular formula is C7H6N2O5S3. The Morgan fingerprint density at radius 2 is 2.12 bits per heavy atom. The Balaban J connectivity index is 2.54. The van der Waals surface area contributed by atoms with Crippen molar-refractivity contribution in [1.29, 1.82) is 0 Å². The van der Waals surface area contributed by atoms with Crippen LogP contribution >= 0.6 is 23.1 Å². The summed E-state index contributed by atoms with van der Waals surface area (Å²) < 4.78 is 31.3. The Labute approximate surface area is 104 Å². The second kappa shape index (κ2) is 4.05. The second-order valence-electron chi connectivity index (χ2n) is 3.11. The van der Waals surface area contributed by atoms with Crippen molar-refractivity contribution in [2.24, 2.45) is 0 Å². The molecule has 1 aromatic heterocycles. The minimum Gasteiger partial charge on any atom is -0.308 e. The number of hydrogen-bond donors (Lipinski definition) is 2. The highest BCUT2D eigenvalue weighted by molar-refractivity contribution is 8.00. The standard InChI is InChI=1S/C7H6N2O5S3/c1-15-7-9-5-3(16-7)2(10)4(6(11)8-5)17(12,13)14/h4H,1H3,(H,8,11)(H,12,13,14). The van der Waals surface area contributed by atoms with Crippen molar-refractivity contribution in [3.63, 3.8) is 0 Å². The van der Waals surface area contributed by atoms with Gasteiger partial charge in [-0.2, -0.15) is 8.42 Å². The number of amides is 1. The molecule has 10 heteroatoms. The van der Waals surface area contributed by atoms with Crippen molar-refractivity contribution in [3.8, 4) is 0 Å². The van der Waals surface area contributed by atoms with Gasteiger partial charge in [-0.15, -0.1) is 11.3 Å². The number of rotatable bonds is 2. The number of thiazole rings is 1. The zero-order valence-corrected chi connectivity index (χ0v) is 10.8. The van der Waals surface area contributed by atoms with Crippen molar-refractivity contribution < 1.29 is 22.6 Å². The highest BCUT2D eigenvalue weighted by Crippen LogP contribution is 2.33. The first kappa shape index (κ1) is 12.5. The summed E-state index contributed by atoms with van der Waals surface area (Å²) in [6.45, 7) is 0. The highest BCUT2D eigenvalue weighted by atomic mass is 32.2. The monoisotopic (exact) mass is 294 g/mol. The molecule has 0 bridgehead atoms. The SMILES string of the molecule is CSc1nc2c(s1)C(=O)C(S(=O)(=O)O)C(=O)N2. The molecule has 2 N–H and O–H groups in total. The normalized spacial score (nSPS) is 20.0. The van der Waals surface area contributed by atoms with Gasteiger partial charge in [-0.05, 0) is 6.26 Å². The van der Waals surface area contributed by atoms with E-state index in [0.29, 0.717) is 4.34 Å². The highest BCUT2D eigenvalue weighted by Gasteiger charge is 2.45. The van der Waals surface area contributed by atoms with Gasteiger partial charge < -0.3 is 5.32 Å². The summed E-state index contributed by atoms with van der Waals surface area (Å²) in [6, 6.07) is 0. The van der Waals surface area contributed by atoms with Gasteiger partial charge in [-0.1, -0.05) is 11.8 Å². The number of thioether (sulfide) groups is 1. The molecule has 2 heterocycles. The number of carbonyl (C=O) groups excluding carboxylic acids is 2. The number of nitrogens with zero attached hydrogens (tertiary/aromatic N) is 1. The fraction of sp³-hybridized carbons (Fsp3) is 0.286. The first-order valence-corrected chi connectivity index (χ1v) is 7.75. The summed E-state index contributed by atoms with van der Waals surface area (Å²) >= 11 is 2.24. The fourth-order valence-electron chi connectivity index (χ4n) is 1.33. The van der Waals surface area contributed by atoms with Crippen LogP contribution in [0, 0.1) is 0 Å². The van der Waals surface area contributed by atoms with Gasteiger partial charge in [0.15, 0.2) is 10.2 Å². The van der Waals surface area contributed by atoms with Crippen LogP contribution in [0.4, 0.5) is 5.82 Å². The van der Waals surface area contributed by atoms with Crippen LogP contribution in [0.25, 0.3) is 0 Å². The van der Waals surface area contributed by atoms with Crippen LogP contribution in [0.1, 0.15) is 9.67 Å². The van der Waals surface area contributed by atoms with E-state index in [9.17, 15) is 18.0 Å². The lowest BCUT2D eigenvalue weighted by molar-refractivity contribution is -0.115. The molecule has 0 radical (unpaired) electrons. The smallest absolute Gasteiger partial charge is 0.284 e. The van der Waals surface area contributed by atoms with E-state index in [1.807, 2.05) is 0 Å². The lowest BCUT2D eigenvalue weighted by Gasteiger charge is -2.16. The molecule has 92 valence electrons. The van der Waals surface area contributed by atoms with E-state index in [4.69, 9.17) is 4.55 Å². The lowest BCUT2D eigenvalue weighted by atomic mass is 10.2. The molecule has 0 aromatic carbocycles. The summed E-state index contributed by atoms with van der Waals surface area (Å²) in [7, 11) is -4.75. The minimum atomic E-state index is -4.75. The molecule has 0 saturated heterocycles. The maximum Gasteiger partial charge on any atom is 0.284 e. The van der Waals surface area contributed by atoms with Crippen molar-refractivity contribution in [3.05, 3.63) is 4.88 Å². The molecule has 1 atom stereocenters. The van der Waals surface area contributed by atoms with Crippen LogP contribution in [0.2, 0.25) is 0 Å². The summed E-state index contributed by atoms with van der Waals surface area (Å²) in [5, 5.41) is 0.0962. The summed E-state index contributed by atoms with van der Waals surface area (Å²) in [6.07, 6.45) is 1.73. The van der Waals surface area contributed by atoms with E-state index in [0.717, 1.165) is 11.3 Å². The fourth-order valence-corrected chi connectivity index (χ4v) is 3.61. The first-order valence-electron chi connectivity index (χ1n) is 4.21. The third-order valence-electron chi connectivity index (χ3n) is 2.02. The summed E-state index contributed by atoms with van der Waals surface area (Å²) in [5.41, 5.74) is 0. The van der Waals surface area contributed by atoms with Gasteiger partial charge in [-0.25, -0.2) is 4.98 Å². The number of ketones is 1. The maximum absolute atomic E-state index is 11.8. The van der Waals surface area contributed by atoms with Crippen LogP contribution in [-0.2, 0) is 14.9 Å². The number of carbonyl (C=O) groups is 2. The second-order valence-corrected chi connectivity index (χ2v) is 6.66. The van der Waals surface area contributed by atoms with Gasteiger partial charge in [0, 0.05) is 0 Å². The van der Waals surface area contributed by atoms with Crippen LogP contribution in [0.5, 0.6) is 0 Å². The third-order valence-corrected chi connectivity index (χ3v) is 5.10. The van der Waals surface area contributed by atoms with E-state index >= 15 is 0 Å². The minimum absolute atomic E-state index is 0.0385. The summed E-state index contributed by atoms with van der Waals surface area (Å²) in [4.78, 5) is 27.1. The molecule has 17 heavy (non-hydrogen) atoms. The summed E-state index contributed by atoms with van der Waals surface area (Å²) in [5.74, 6) is -1.97. The molecule has 0 aliphatic carbocycles. The lowest BCUT2D eigenvalue weighted by Crippen LogP contribution is -2.44. The first-order chi connectivity index (χ1) is 7.84. The van der Waals surface area contributed by atoms with Crippen LogP contribution < -0.4 is 5.32 Å². The molecule has 1 aliphatic rings. The maximum atomic E-state index is 11.8. The molecule has 0 spiro atoms. The zero-order valence-electron chi connectivity index (χ0n) is 8.33. The molecule has 0 saturated carbocycles. The molecule has 0 fully saturated rings. The van der Waals surface area contributed by atoms with E-state index in [1.165, 1.54) is 11.8 Å². The number of fused-ring (bicyclic) bond motifs is 1. The van der Waals surface area contributed by atoms with Gasteiger partial charge in [0.1, 0.15) is 4.88 Å². The largest absolute Gasteiger partial charge is 0.308 e.